The molecule has 1 N–H and O–H groups in total. The van der Waals surface area contributed by atoms with E-state index in [0.717, 1.165) is 19.5 Å². The second-order valence-electron chi connectivity index (χ2n) is 7.01. The first-order chi connectivity index (χ1) is 13.0. The van der Waals surface area contributed by atoms with E-state index in [1.165, 1.54) is 18.1 Å². The number of hydrogen-bond acceptors (Lipinski definition) is 4. The molecule has 5 heteroatoms. The van der Waals surface area contributed by atoms with Gasteiger partial charge in [0.05, 0.1) is 0 Å². The molecule has 0 spiro atoms. The lowest BCUT2D eigenvalue weighted by Gasteiger charge is -2.33. The van der Waals surface area contributed by atoms with Gasteiger partial charge in [0.15, 0.2) is 12.4 Å². The predicted molar refractivity (Wildman–Crippen MR) is 105 cm³/mol. The Balaban J connectivity index is 1.42. The third-order valence-corrected chi connectivity index (χ3v) is 5.01. The lowest BCUT2D eigenvalue weighted by atomic mass is 9.99. The van der Waals surface area contributed by atoms with Gasteiger partial charge in [0.25, 0.3) is 5.91 Å². The van der Waals surface area contributed by atoms with E-state index >= 15 is 0 Å². The number of rotatable bonds is 7. The van der Waals surface area contributed by atoms with Gasteiger partial charge in [0, 0.05) is 31.2 Å². The normalized spacial score (nSPS) is 14.9. The van der Waals surface area contributed by atoms with Gasteiger partial charge in [-0.25, -0.2) is 0 Å². The first-order valence-corrected chi connectivity index (χ1v) is 9.34. The molecule has 0 saturated heterocycles. The largest absolute Gasteiger partial charge is 0.484 e. The Kier molecular flexibility index (Phi) is 6.24. The highest BCUT2D eigenvalue weighted by Gasteiger charge is 2.20. The molecule has 27 heavy (non-hydrogen) atoms. The molecule has 1 aliphatic rings. The highest BCUT2D eigenvalue weighted by molar-refractivity contribution is 5.94. The number of benzene rings is 2. The van der Waals surface area contributed by atoms with Crippen molar-refractivity contribution in [2.24, 2.45) is 0 Å². The molecule has 3 rings (SSSR count). The molecule has 1 atom stereocenters. The average Bonchev–Trinajstić information content (AvgIpc) is 2.70. The van der Waals surface area contributed by atoms with Gasteiger partial charge in [-0.1, -0.05) is 24.3 Å². The summed E-state index contributed by atoms with van der Waals surface area (Å²) in [6.45, 7) is 6.14. The maximum absolute atomic E-state index is 12.1. The second kappa shape index (κ2) is 8.82. The minimum Gasteiger partial charge on any atom is -0.484 e. The smallest absolute Gasteiger partial charge is 0.257 e. The minimum atomic E-state index is -0.144. The van der Waals surface area contributed by atoms with Crippen LogP contribution < -0.4 is 10.1 Å². The fraction of sp³-hybridized carbons (Fsp3) is 0.364. The van der Waals surface area contributed by atoms with Crippen molar-refractivity contribution in [1.82, 2.24) is 10.2 Å². The van der Waals surface area contributed by atoms with Crippen LogP contribution in [0.25, 0.3) is 0 Å². The van der Waals surface area contributed by atoms with Crippen molar-refractivity contribution in [3.63, 3.8) is 0 Å². The number of hydrogen-bond donors (Lipinski definition) is 1. The third kappa shape index (κ3) is 5.17. The number of carbonyl (C=O) groups is 2. The van der Waals surface area contributed by atoms with Crippen LogP contribution in [-0.2, 0) is 17.8 Å². The van der Waals surface area contributed by atoms with E-state index in [0.29, 0.717) is 17.9 Å². The predicted octanol–water partition coefficient (Wildman–Crippen LogP) is 2.83. The summed E-state index contributed by atoms with van der Waals surface area (Å²) >= 11 is 0. The molecular weight excluding hydrogens is 340 g/mol. The summed E-state index contributed by atoms with van der Waals surface area (Å²) in [6, 6.07) is 15.6. The molecular formula is C22H26N2O3. The summed E-state index contributed by atoms with van der Waals surface area (Å²) in [5.41, 5.74) is 3.43. The number of fused-ring (bicyclic) bond motifs is 1. The Hall–Kier alpha value is -2.66. The second-order valence-corrected chi connectivity index (χ2v) is 7.01. The Morgan fingerprint density at radius 2 is 1.81 bits per heavy atom. The van der Waals surface area contributed by atoms with Crippen LogP contribution in [0.15, 0.2) is 48.5 Å². The van der Waals surface area contributed by atoms with Gasteiger partial charge in [-0.05, 0) is 55.7 Å². The lowest BCUT2D eigenvalue weighted by Crippen LogP contribution is -2.45. The van der Waals surface area contributed by atoms with E-state index in [2.05, 4.69) is 41.4 Å². The molecule has 0 aliphatic carbocycles. The fourth-order valence-electron chi connectivity index (χ4n) is 3.27. The molecule has 2 aromatic rings. The van der Waals surface area contributed by atoms with Crippen LogP contribution in [0.2, 0.25) is 0 Å². The molecule has 1 aliphatic heterocycles. The molecule has 5 nitrogen and oxygen atoms in total. The van der Waals surface area contributed by atoms with Gasteiger partial charge in [0.1, 0.15) is 5.75 Å². The van der Waals surface area contributed by atoms with Gasteiger partial charge >= 0.3 is 0 Å². The Labute approximate surface area is 160 Å². The number of ether oxygens (including phenoxy) is 1. The maximum atomic E-state index is 12.1. The van der Waals surface area contributed by atoms with Crippen LogP contribution in [-0.4, -0.2) is 42.3 Å². The molecule has 1 unspecified atom stereocenters. The van der Waals surface area contributed by atoms with Crippen molar-refractivity contribution < 1.29 is 14.3 Å². The lowest BCUT2D eigenvalue weighted by molar-refractivity contribution is -0.123. The maximum Gasteiger partial charge on any atom is 0.257 e. The monoisotopic (exact) mass is 366 g/mol. The van der Waals surface area contributed by atoms with Gasteiger partial charge in [-0.3, -0.25) is 14.5 Å². The SMILES string of the molecule is CC(=O)c1ccc(OCC(=O)NCC(C)N2CCc3ccccc3C2)cc1. The summed E-state index contributed by atoms with van der Waals surface area (Å²) in [5, 5.41) is 2.94. The third-order valence-electron chi connectivity index (χ3n) is 5.01. The van der Waals surface area contributed by atoms with E-state index in [9.17, 15) is 9.59 Å². The topological polar surface area (TPSA) is 58.6 Å². The van der Waals surface area contributed by atoms with Crippen molar-refractivity contribution in [3.8, 4) is 5.75 Å². The van der Waals surface area contributed by atoms with Gasteiger partial charge in [0.2, 0.25) is 0 Å². The van der Waals surface area contributed by atoms with Crippen molar-refractivity contribution in [2.45, 2.75) is 32.9 Å². The van der Waals surface area contributed by atoms with Gasteiger partial charge in [-0.15, -0.1) is 0 Å². The summed E-state index contributed by atoms with van der Waals surface area (Å²) < 4.78 is 5.49. The molecule has 0 aromatic heterocycles. The Morgan fingerprint density at radius 1 is 1.11 bits per heavy atom. The van der Waals surface area contributed by atoms with Crippen molar-refractivity contribution in [1.29, 1.82) is 0 Å². The van der Waals surface area contributed by atoms with Crippen LogP contribution in [0.5, 0.6) is 5.75 Å². The zero-order valence-corrected chi connectivity index (χ0v) is 15.9. The van der Waals surface area contributed by atoms with Crippen LogP contribution in [0, 0.1) is 0 Å². The Bertz CT molecular complexity index is 801. The van der Waals surface area contributed by atoms with Crippen molar-refractivity contribution >= 4 is 11.7 Å². The number of ketones is 1. The molecule has 0 saturated carbocycles. The first kappa shape index (κ1) is 19.1. The highest BCUT2D eigenvalue weighted by Crippen LogP contribution is 2.20. The molecule has 1 amide bonds. The number of Topliss-reactive ketones (excluding diaryl/α,β-unsaturated/α-hetero) is 1. The van der Waals surface area contributed by atoms with Crippen LogP contribution >= 0.6 is 0 Å². The zero-order chi connectivity index (χ0) is 19.2. The van der Waals surface area contributed by atoms with Gasteiger partial charge in [-0.2, -0.15) is 0 Å². The summed E-state index contributed by atoms with van der Waals surface area (Å²) in [7, 11) is 0. The molecule has 1 heterocycles. The molecule has 0 fully saturated rings. The zero-order valence-electron chi connectivity index (χ0n) is 15.9. The van der Waals surface area contributed by atoms with E-state index in [4.69, 9.17) is 4.74 Å². The van der Waals surface area contributed by atoms with Crippen LogP contribution in [0.1, 0.15) is 35.3 Å². The summed E-state index contributed by atoms with van der Waals surface area (Å²) in [6.07, 6.45) is 1.05. The minimum absolute atomic E-state index is 0.00798. The number of nitrogens with zero attached hydrogens (tertiary/aromatic N) is 1. The molecule has 0 radical (unpaired) electrons. The number of amides is 1. The summed E-state index contributed by atoms with van der Waals surface area (Å²) in [4.78, 5) is 25.7. The number of carbonyl (C=O) groups excluding carboxylic acids is 2. The van der Waals surface area contributed by atoms with E-state index in [1.807, 2.05) is 0 Å². The highest BCUT2D eigenvalue weighted by atomic mass is 16.5. The summed E-state index contributed by atoms with van der Waals surface area (Å²) in [5.74, 6) is 0.444. The quantitative estimate of drug-likeness (QED) is 0.766. The number of nitrogens with one attached hydrogen (secondary N) is 1. The van der Waals surface area contributed by atoms with Crippen molar-refractivity contribution in [3.05, 3.63) is 65.2 Å². The van der Waals surface area contributed by atoms with E-state index in [-0.39, 0.29) is 24.3 Å². The Morgan fingerprint density at radius 3 is 2.52 bits per heavy atom. The molecule has 142 valence electrons. The van der Waals surface area contributed by atoms with Gasteiger partial charge < -0.3 is 10.1 Å². The van der Waals surface area contributed by atoms with Crippen LogP contribution in [0.4, 0.5) is 0 Å². The van der Waals surface area contributed by atoms with Crippen molar-refractivity contribution in [2.75, 3.05) is 19.7 Å². The standard InChI is InChI=1S/C22H26N2O3/c1-16(24-12-11-19-5-3-4-6-20(19)14-24)13-23-22(26)15-27-21-9-7-18(8-10-21)17(2)25/h3-10,16H,11-15H2,1-2H3,(H,23,26). The molecule has 2 aromatic carbocycles. The van der Waals surface area contributed by atoms with Crippen LogP contribution in [0.3, 0.4) is 0 Å². The fourth-order valence-corrected chi connectivity index (χ4v) is 3.27. The van der Waals surface area contributed by atoms with E-state index < -0.39 is 0 Å². The first-order valence-electron chi connectivity index (χ1n) is 9.34. The average molecular weight is 366 g/mol. The van der Waals surface area contributed by atoms with E-state index in [1.54, 1.807) is 24.3 Å². The molecule has 0 bridgehead atoms.